The molecule has 0 bridgehead atoms. The molecule has 0 atom stereocenters. The summed E-state index contributed by atoms with van der Waals surface area (Å²) in [6, 6.07) is 25.4. The molecule has 7 N–H and O–H groups in total. The summed E-state index contributed by atoms with van der Waals surface area (Å²) in [5.41, 5.74) is 8.58. The quantitative estimate of drug-likeness (QED) is 0.0739. The summed E-state index contributed by atoms with van der Waals surface area (Å²) in [6.07, 6.45) is 0.506. The van der Waals surface area contributed by atoms with Gasteiger partial charge in [0.1, 0.15) is 51.7 Å². The summed E-state index contributed by atoms with van der Waals surface area (Å²) in [6.45, 7) is 9.27. The summed E-state index contributed by atoms with van der Waals surface area (Å²) >= 11 is 0. The molecule has 0 spiro atoms. The first-order chi connectivity index (χ1) is 24.7. The van der Waals surface area contributed by atoms with Gasteiger partial charge in [-0.3, -0.25) is 0 Å². The monoisotopic (exact) mass is 698 g/mol. The molecule has 0 heterocycles. The van der Waals surface area contributed by atoms with Crippen LogP contribution >= 0.6 is 0 Å². The molecular formula is C44H42O8. The van der Waals surface area contributed by atoms with E-state index in [-0.39, 0.29) is 53.1 Å². The van der Waals surface area contributed by atoms with Crippen LogP contribution in [0.1, 0.15) is 72.7 Å². The van der Waals surface area contributed by atoms with Crippen LogP contribution in [0.25, 0.3) is 0 Å². The summed E-state index contributed by atoms with van der Waals surface area (Å²) in [5.74, 6) is 0.469. The second kappa shape index (κ2) is 14.2. The first-order valence-corrected chi connectivity index (χ1v) is 16.9. The molecule has 52 heavy (non-hydrogen) atoms. The first kappa shape index (κ1) is 35.5. The van der Waals surface area contributed by atoms with E-state index in [9.17, 15) is 35.7 Å². The number of hydrogen-bond acceptors (Lipinski definition) is 8. The van der Waals surface area contributed by atoms with E-state index in [1.54, 1.807) is 30.3 Å². The highest BCUT2D eigenvalue weighted by molar-refractivity contribution is 5.58. The molecule has 0 amide bonds. The van der Waals surface area contributed by atoms with E-state index in [0.29, 0.717) is 50.4 Å². The van der Waals surface area contributed by atoms with Gasteiger partial charge in [-0.25, -0.2) is 0 Å². The van der Waals surface area contributed by atoms with Gasteiger partial charge in [0.05, 0.1) is 0 Å². The van der Waals surface area contributed by atoms with Gasteiger partial charge in [0.15, 0.2) is 0 Å². The fourth-order valence-electron chi connectivity index (χ4n) is 6.95. The van der Waals surface area contributed by atoms with Gasteiger partial charge in [0.2, 0.25) is 0 Å². The van der Waals surface area contributed by atoms with Crippen LogP contribution < -0.4 is 4.74 Å². The Morgan fingerprint density at radius 2 is 0.904 bits per heavy atom. The van der Waals surface area contributed by atoms with E-state index in [1.165, 1.54) is 24.3 Å². The van der Waals surface area contributed by atoms with Crippen molar-refractivity contribution in [3.63, 3.8) is 0 Å². The maximum Gasteiger partial charge on any atom is 0.134 e. The zero-order valence-corrected chi connectivity index (χ0v) is 29.7. The molecule has 0 aliphatic rings. The van der Waals surface area contributed by atoms with Gasteiger partial charge in [0.25, 0.3) is 0 Å². The van der Waals surface area contributed by atoms with Crippen molar-refractivity contribution in [3.05, 3.63) is 158 Å². The molecule has 0 fully saturated rings. The van der Waals surface area contributed by atoms with Crippen molar-refractivity contribution in [2.24, 2.45) is 0 Å². The van der Waals surface area contributed by atoms with Crippen LogP contribution in [0.2, 0.25) is 0 Å². The summed E-state index contributed by atoms with van der Waals surface area (Å²) in [7, 11) is 0. The van der Waals surface area contributed by atoms with E-state index in [0.717, 1.165) is 27.8 Å². The van der Waals surface area contributed by atoms with E-state index in [4.69, 9.17) is 4.74 Å². The van der Waals surface area contributed by atoms with E-state index in [2.05, 4.69) is 0 Å². The normalized spacial score (nSPS) is 11.3. The molecule has 8 heteroatoms. The smallest absolute Gasteiger partial charge is 0.134 e. The predicted octanol–water partition coefficient (Wildman–Crippen LogP) is 9.32. The molecule has 0 aliphatic heterocycles. The molecule has 0 unspecified atom stereocenters. The molecule has 8 nitrogen and oxygen atoms in total. The topological polar surface area (TPSA) is 151 Å². The molecule has 6 aromatic rings. The van der Waals surface area contributed by atoms with Gasteiger partial charge >= 0.3 is 0 Å². The standard InChI is InChI=1S/C44H42O8/c1-23-12-32(18-28-6-8-34(45)20-38(28)47)44(33(13-23)19-29-7-9-35(46)21-39(29)48)52-36-10-11-37(40(49)22-36)41(30-14-24(2)42(50)25(3)15-30)31-16-26(4)43(51)27(5)17-31/h6-17,20-22,41,45-51H,18-19H2,1-5H3. The zero-order chi connectivity index (χ0) is 37.4. The van der Waals surface area contributed by atoms with E-state index in [1.807, 2.05) is 71.0 Å². The highest BCUT2D eigenvalue weighted by Gasteiger charge is 2.24. The van der Waals surface area contributed by atoms with Gasteiger partial charge in [0, 0.05) is 42.5 Å². The van der Waals surface area contributed by atoms with Crippen molar-refractivity contribution < 1.29 is 40.5 Å². The lowest BCUT2D eigenvalue weighted by molar-refractivity contribution is 0.442. The molecule has 6 rings (SSSR count). The third kappa shape index (κ3) is 7.28. The predicted molar refractivity (Wildman–Crippen MR) is 201 cm³/mol. The molecule has 0 saturated carbocycles. The second-order valence-corrected chi connectivity index (χ2v) is 13.7. The molecule has 266 valence electrons. The number of benzene rings is 6. The summed E-state index contributed by atoms with van der Waals surface area (Å²) < 4.78 is 6.61. The van der Waals surface area contributed by atoms with Crippen LogP contribution in [0, 0.1) is 34.6 Å². The average molecular weight is 699 g/mol. The van der Waals surface area contributed by atoms with Gasteiger partial charge in [-0.15, -0.1) is 0 Å². The van der Waals surface area contributed by atoms with Gasteiger partial charge in [-0.1, -0.05) is 60.2 Å². The molecular weight excluding hydrogens is 656 g/mol. The molecule has 6 aromatic carbocycles. The van der Waals surface area contributed by atoms with Gasteiger partial charge < -0.3 is 40.5 Å². The van der Waals surface area contributed by atoms with Crippen LogP contribution in [0.4, 0.5) is 0 Å². The van der Waals surface area contributed by atoms with Crippen molar-refractivity contribution >= 4 is 0 Å². The Labute approximate surface area is 302 Å². The third-order valence-electron chi connectivity index (χ3n) is 9.51. The number of ether oxygens (including phenoxy) is 1. The van der Waals surface area contributed by atoms with Crippen molar-refractivity contribution in [3.8, 4) is 51.7 Å². The number of aromatic hydroxyl groups is 7. The van der Waals surface area contributed by atoms with Crippen LogP contribution in [0.15, 0.2) is 91.0 Å². The second-order valence-electron chi connectivity index (χ2n) is 13.7. The Bertz CT molecular complexity index is 2150. The van der Waals surface area contributed by atoms with Crippen molar-refractivity contribution in [1.82, 2.24) is 0 Å². The summed E-state index contributed by atoms with van der Waals surface area (Å²) in [5, 5.41) is 74.0. The zero-order valence-electron chi connectivity index (χ0n) is 29.7. The highest BCUT2D eigenvalue weighted by Crippen LogP contribution is 2.44. The Morgan fingerprint density at radius 1 is 0.462 bits per heavy atom. The van der Waals surface area contributed by atoms with Crippen LogP contribution in [0.5, 0.6) is 51.7 Å². The maximum atomic E-state index is 11.7. The highest BCUT2D eigenvalue weighted by atomic mass is 16.5. The lowest BCUT2D eigenvalue weighted by atomic mass is 9.82. The third-order valence-corrected chi connectivity index (χ3v) is 9.51. The number of hydrogen-bond donors (Lipinski definition) is 7. The minimum absolute atomic E-state index is 0.0307. The van der Waals surface area contributed by atoms with Crippen molar-refractivity contribution in [2.45, 2.75) is 53.4 Å². The number of phenols is 7. The average Bonchev–Trinajstić information content (AvgIpc) is 3.07. The number of phenolic OH excluding ortho intramolecular Hbond substituents is 7. The maximum absolute atomic E-state index is 11.7. The number of aryl methyl sites for hydroxylation is 5. The first-order valence-electron chi connectivity index (χ1n) is 16.9. The van der Waals surface area contributed by atoms with E-state index < -0.39 is 5.92 Å². The minimum Gasteiger partial charge on any atom is -0.508 e. The van der Waals surface area contributed by atoms with Crippen LogP contribution in [-0.4, -0.2) is 35.7 Å². The van der Waals surface area contributed by atoms with Gasteiger partial charge in [-0.05, 0) is 108 Å². The molecule has 0 saturated heterocycles. The molecule has 0 aromatic heterocycles. The summed E-state index contributed by atoms with van der Waals surface area (Å²) in [4.78, 5) is 0. The Balaban J connectivity index is 1.46. The van der Waals surface area contributed by atoms with E-state index >= 15 is 0 Å². The van der Waals surface area contributed by atoms with Gasteiger partial charge in [-0.2, -0.15) is 0 Å². The Morgan fingerprint density at radius 3 is 1.31 bits per heavy atom. The van der Waals surface area contributed by atoms with Crippen molar-refractivity contribution in [2.75, 3.05) is 0 Å². The SMILES string of the molecule is Cc1cc(Cc2ccc(O)cc2O)c(Oc2ccc(C(c3cc(C)c(O)c(C)c3)c3cc(C)c(O)c(C)c3)c(O)c2)c(Cc2ccc(O)cc2O)c1. The largest absolute Gasteiger partial charge is 0.508 e. The van der Waals surface area contributed by atoms with Crippen LogP contribution in [0.3, 0.4) is 0 Å². The molecule has 0 aliphatic carbocycles. The molecule has 0 radical (unpaired) electrons. The Hall–Kier alpha value is -6.28. The number of rotatable bonds is 9. The lowest BCUT2D eigenvalue weighted by Gasteiger charge is -2.24. The van der Waals surface area contributed by atoms with Crippen LogP contribution in [-0.2, 0) is 12.8 Å². The fraction of sp³-hybridized carbons (Fsp3) is 0.182. The lowest BCUT2D eigenvalue weighted by Crippen LogP contribution is -2.06. The fourth-order valence-corrected chi connectivity index (χ4v) is 6.95. The Kier molecular flexibility index (Phi) is 9.67. The van der Waals surface area contributed by atoms with Crippen molar-refractivity contribution in [1.29, 1.82) is 0 Å². The minimum atomic E-state index is -0.453.